The zero-order valence-electron chi connectivity index (χ0n) is 21.6. The first kappa shape index (κ1) is 31.9. The zero-order chi connectivity index (χ0) is 28.3. The van der Waals surface area contributed by atoms with Gasteiger partial charge >= 0.3 is 232 Å². The molecule has 11 nitrogen and oxygen atoms in total. The number of aliphatic hydroxyl groups is 2. The molecule has 1 aromatic carbocycles. The topological polar surface area (TPSA) is 164 Å². The number of carbonyl (C=O) groups excluding carboxylic acids is 4. The van der Waals surface area contributed by atoms with E-state index in [1.807, 2.05) is 18.2 Å². The van der Waals surface area contributed by atoms with E-state index >= 15 is 0 Å². The summed E-state index contributed by atoms with van der Waals surface area (Å²) in [6.45, 7) is 2.18. The van der Waals surface area contributed by atoms with Crippen LogP contribution in [0.15, 0.2) is 36.5 Å². The predicted molar refractivity (Wildman–Crippen MR) is 143 cm³/mol. The molecule has 0 bridgehead atoms. The molecule has 0 saturated carbocycles. The van der Waals surface area contributed by atoms with Gasteiger partial charge in [0.15, 0.2) is 0 Å². The van der Waals surface area contributed by atoms with Gasteiger partial charge in [-0.15, -0.1) is 0 Å². The Morgan fingerprint density at radius 2 is 1.87 bits per heavy atom. The molecule has 2 aromatic rings. The molecule has 0 radical (unpaired) electrons. The van der Waals surface area contributed by atoms with Crippen LogP contribution in [-0.4, -0.2) is 105 Å². The molecule has 0 aliphatic carbocycles. The number of ether oxygens (including phenoxy) is 2. The number of nitrogens with one attached hydrogen (secondary N) is 2. The van der Waals surface area contributed by atoms with Gasteiger partial charge in [-0.2, -0.15) is 0 Å². The minimum atomic E-state index is -2.02. The van der Waals surface area contributed by atoms with Gasteiger partial charge in [0.05, 0.1) is 0 Å². The number of aldehydes is 2. The zero-order valence-corrected chi connectivity index (χ0v) is 24.5. The Labute approximate surface area is 232 Å². The molecule has 0 aliphatic rings. The van der Waals surface area contributed by atoms with Gasteiger partial charge in [0.25, 0.3) is 0 Å². The van der Waals surface area contributed by atoms with Gasteiger partial charge in [0.2, 0.25) is 0 Å². The Morgan fingerprint density at radius 3 is 2.37 bits per heavy atom. The number of benzene rings is 1. The number of rotatable bonds is 17. The van der Waals surface area contributed by atoms with Crippen LogP contribution in [0.25, 0.3) is 0 Å². The van der Waals surface area contributed by atoms with Crippen molar-refractivity contribution in [2.24, 2.45) is 0 Å². The third kappa shape index (κ3) is 8.87. The summed E-state index contributed by atoms with van der Waals surface area (Å²) in [4.78, 5) is 53.4. The van der Waals surface area contributed by atoms with E-state index in [4.69, 9.17) is 9.47 Å². The summed E-state index contributed by atoms with van der Waals surface area (Å²) in [5, 5.41) is 26.3. The number of methoxy groups -OCH3 is 2. The van der Waals surface area contributed by atoms with Crippen molar-refractivity contribution in [2.75, 3.05) is 20.8 Å². The number of hydrogen-bond donors (Lipinski definition) is 4. The molecule has 208 valence electrons. The average Bonchev–Trinajstić information content (AvgIpc) is 3.37. The van der Waals surface area contributed by atoms with E-state index in [1.54, 1.807) is 19.1 Å². The molecule has 0 saturated heterocycles. The SMILES string of the molecule is CO[C@H](N[C@@H](Cc1ccccc1)C(=O)[C@](C)(O)CO)C(C=O)[AsH][C@H](OC)C(C=O)NC(=O)c1cnc(C)s1. The van der Waals surface area contributed by atoms with Crippen LogP contribution >= 0.6 is 11.3 Å². The van der Waals surface area contributed by atoms with Gasteiger partial charge in [0.1, 0.15) is 0 Å². The fourth-order valence-corrected chi connectivity index (χ4v) is 7.18. The summed E-state index contributed by atoms with van der Waals surface area (Å²) in [5.41, 5.74) is -1.23. The summed E-state index contributed by atoms with van der Waals surface area (Å²) in [7, 11) is 2.74. The fourth-order valence-electron chi connectivity index (χ4n) is 3.62. The van der Waals surface area contributed by atoms with Gasteiger partial charge in [0, 0.05) is 0 Å². The van der Waals surface area contributed by atoms with Crippen molar-refractivity contribution in [2.45, 2.75) is 53.8 Å². The van der Waals surface area contributed by atoms with Crippen LogP contribution in [0.1, 0.15) is 27.2 Å². The second-order valence-corrected chi connectivity index (χ2v) is 13.3. The second-order valence-electron chi connectivity index (χ2n) is 8.73. The number of nitrogens with zero attached hydrogens (tertiary/aromatic N) is 1. The van der Waals surface area contributed by atoms with E-state index in [1.165, 1.54) is 38.7 Å². The summed E-state index contributed by atoms with van der Waals surface area (Å²) in [6.07, 6.45) is 1.83. The van der Waals surface area contributed by atoms with Gasteiger partial charge in [-0.1, -0.05) is 0 Å². The van der Waals surface area contributed by atoms with E-state index in [0.717, 1.165) is 5.56 Å². The molecular weight excluding hydrogens is 577 g/mol. The minimum absolute atomic E-state index is 0.163. The Morgan fingerprint density at radius 1 is 1.18 bits per heavy atom. The van der Waals surface area contributed by atoms with Crippen molar-refractivity contribution in [3.8, 4) is 0 Å². The molecule has 13 heteroatoms. The number of Topliss-reactive ketones (excluding diaryl/α,β-unsaturated/α-hetero) is 1. The monoisotopic (exact) mass is 611 g/mol. The summed E-state index contributed by atoms with van der Waals surface area (Å²) < 4.78 is 10.3. The quantitative estimate of drug-likeness (QED) is 0.105. The van der Waals surface area contributed by atoms with E-state index in [-0.39, 0.29) is 6.42 Å². The van der Waals surface area contributed by atoms with Crippen LogP contribution in [0, 0.1) is 6.92 Å². The molecule has 0 aliphatic heterocycles. The number of aliphatic hydroxyl groups excluding tert-OH is 1. The molecule has 1 aromatic heterocycles. The standard InChI is InChI=1S/C25H34AsN3O8S/c1-15-27-11-20(38-15)23(34)28-19(13-31)22(36-3)26-17(12-30)24(37-4)29-18(21(33)25(2,35)14-32)10-16-8-6-5-7-9-16/h5-9,11-13,17-19,22,24,26,29,32,35H,10,14H2,1-4H3,(H,28,34)/t17?,18-,19?,22+,24-,25+/m0/s1. The van der Waals surface area contributed by atoms with E-state index in [9.17, 15) is 29.4 Å². The second kappa shape index (κ2) is 15.3. The first-order valence-corrected chi connectivity index (χ1v) is 15.0. The molecule has 4 N–H and O–H groups in total. The van der Waals surface area contributed by atoms with E-state index in [2.05, 4.69) is 15.6 Å². The van der Waals surface area contributed by atoms with Crippen molar-refractivity contribution in [1.29, 1.82) is 0 Å². The molecule has 38 heavy (non-hydrogen) atoms. The number of ketones is 1. The van der Waals surface area contributed by atoms with Crippen LogP contribution in [0.3, 0.4) is 0 Å². The first-order chi connectivity index (χ1) is 18.1. The number of aromatic nitrogens is 1. The van der Waals surface area contributed by atoms with E-state index in [0.29, 0.717) is 22.5 Å². The van der Waals surface area contributed by atoms with E-state index < -0.39 is 67.6 Å². The Hall–Kier alpha value is -2.31. The van der Waals surface area contributed by atoms with Crippen molar-refractivity contribution >= 4 is 51.4 Å². The molecule has 2 rings (SSSR count). The maximum atomic E-state index is 13.1. The predicted octanol–water partition coefficient (Wildman–Crippen LogP) is -0.369. The molecule has 0 fully saturated rings. The number of aryl methyl sites for hydroxylation is 1. The normalized spacial score (nSPS) is 17.2. The van der Waals surface area contributed by atoms with Crippen LogP contribution in [-0.2, 0) is 30.3 Å². The number of hydrogen-bond acceptors (Lipinski definition) is 11. The van der Waals surface area contributed by atoms with Crippen LogP contribution in [0.2, 0.25) is 4.71 Å². The maximum absolute atomic E-state index is 13.1. The molecular formula is C25H34AsN3O8S. The van der Waals surface area contributed by atoms with Crippen molar-refractivity contribution in [3.05, 3.63) is 52.0 Å². The molecule has 3 unspecified atom stereocenters. The van der Waals surface area contributed by atoms with Gasteiger partial charge in [-0.3, -0.25) is 0 Å². The van der Waals surface area contributed by atoms with Gasteiger partial charge in [-0.25, -0.2) is 0 Å². The number of carbonyl (C=O) groups is 4. The first-order valence-electron chi connectivity index (χ1n) is 11.7. The molecule has 1 heterocycles. The fraction of sp³-hybridized carbons (Fsp3) is 0.480. The van der Waals surface area contributed by atoms with Crippen LogP contribution < -0.4 is 10.6 Å². The average molecular weight is 612 g/mol. The molecule has 1 amide bonds. The third-order valence-corrected chi connectivity index (χ3v) is 10.3. The number of amides is 1. The van der Waals surface area contributed by atoms with Crippen LogP contribution in [0.4, 0.5) is 0 Å². The molecule has 7 atom stereocenters. The Balaban J connectivity index is 2.22. The van der Waals surface area contributed by atoms with Crippen LogP contribution in [0.5, 0.6) is 0 Å². The van der Waals surface area contributed by atoms with Gasteiger partial charge in [-0.05, 0) is 0 Å². The van der Waals surface area contributed by atoms with Gasteiger partial charge < -0.3 is 0 Å². The van der Waals surface area contributed by atoms with Crippen molar-refractivity contribution in [3.63, 3.8) is 0 Å². The number of thiazole rings is 1. The Kier molecular flexibility index (Phi) is 12.9. The Bertz CT molecular complexity index is 1070. The summed E-state index contributed by atoms with van der Waals surface area (Å²) in [6, 6.07) is 7.03. The third-order valence-electron chi connectivity index (χ3n) is 5.76. The van der Waals surface area contributed by atoms with Crippen molar-refractivity contribution in [1.82, 2.24) is 15.6 Å². The molecule has 0 spiro atoms. The van der Waals surface area contributed by atoms with Crippen molar-refractivity contribution < 1.29 is 38.9 Å². The summed E-state index contributed by atoms with van der Waals surface area (Å²) >= 11 is -0.290. The summed E-state index contributed by atoms with van der Waals surface area (Å²) in [5.74, 6) is -1.15.